The number of hydrogen-bond donors (Lipinski definition) is 2. The van der Waals surface area contributed by atoms with Gasteiger partial charge >= 0.3 is 0 Å². The first-order valence-electron chi connectivity index (χ1n) is 6.52. The topological polar surface area (TPSA) is 36.4 Å². The van der Waals surface area contributed by atoms with Gasteiger partial charge in [0, 0.05) is 5.71 Å². The Morgan fingerprint density at radius 3 is 2.95 bits per heavy atom. The van der Waals surface area contributed by atoms with E-state index in [4.69, 9.17) is 12.2 Å². The van der Waals surface area contributed by atoms with Crippen LogP contribution in [0.15, 0.2) is 29.4 Å². The fourth-order valence-corrected chi connectivity index (χ4v) is 2.36. The second kappa shape index (κ2) is 6.61. The maximum absolute atomic E-state index is 13.4. The lowest BCUT2D eigenvalue weighted by Gasteiger charge is -2.19. The molecule has 0 saturated heterocycles. The summed E-state index contributed by atoms with van der Waals surface area (Å²) in [4.78, 5) is 0. The minimum absolute atomic E-state index is 0.316. The minimum atomic E-state index is -0.328. The summed E-state index contributed by atoms with van der Waals surface area (Å²) in [7, 11) is 0. The van der Waals surface area contributed by atoms with E-state index in [9.17, 15) is 4.39 Å². The van der Waals surface area contributed by atoms with Gasteiger partial charge in [0.15, 0.2) is 5.11 Å². The number of nitrogens with zero attached hydrogens (tertiary/aromatic N) is 1. The number of para-hydroxylation sites is 1. The third kappa shape index (κ3) is 4.28. The third-order valence-corrected chi connectivity index (χ3v) is 3.38. The zero-order valence-corrected chi connectivity index (χ0v) is 11.8. The quantitative estimate of drug-likeness (QED) is 0.640. The monoisotopic (exact) mass is 279 g/mol. The Bertz CT molecular complexity index is 487. The standard InChI is InChI=1S/C14H18FN3S/c1-10-5-4-6-11(9-10)17-18-14(19)16-13-8-3-2-7-12(13)15/h2-3,7-8,10H,4-6,9H2,1H3,(H2,16,18,19)/b17-11-/t10-/m1/s1. The van der Waals surface area contributed by atoms with E-state index >= 15 is 0 Å². The van der Waals surface area contributed by atoms with E-state index in [1.807, 2.05) is 0 Å². The van der Waals surface area contributed by atoms with Gasteiger partial charge in [-0.15, -0.1) is 0 Å². The number of thiocarbonyl (C=S) groups is 1. The van der Waals surface area contributed by atoms with Gasteiger partial charge in [-0.2, -0.15) is 5.10 Å². The molecule has 0 aromatic heterocycles. The molecule has 0 heterocycles. The SMILES string of the molecule is C[C@@H]1CCC/C(=N/NC(=S)Nc2ccccc2F)C1. The first-order valence-corrected chi connectivity index (χ1v) is 6.93. The molecule has 19 heavy (non-hydrogen) atoms. The number of nitrogens with one attached hydrogen (secondary N) is 2. The van der Waals surface area contributed by atoms with Gasteiger partial charge in [0.25, 0.3) is 0 Å². The average molecular weight is 279 g/mol. The van der Waals surface area contributed by atoms with Crippen molar-refractivity contribution >= 4 is 28.7 Å². The second-order valence-corrected chi connectivity index (χ2v) is 5.33. The average Bonchev–Trinajstić information content (AvgIpc) is 2.39. The van der Waals surface area contributed by atoms with E-state index in [0.717, 1.165) is 18.6 Å². The molecule has 1 atom stereocenters. The Hall–Kier alpha value is -1.49. The predicted molar refractivity (Wildman–Crippen MR) is 80.8 cm³/mol. The molecule has 1 aliphatic rings. The highest BCUT2D eigenvalue weighted by molar-refractivity contribution is 7.80. The van der Waals surface area contributed by atoms with Crippen LogP contribution in [0, 0.1) is 11.7 Å². The summed E-state index contributed by atoms with van der Waals surface area (Å²) in [6.45, 7) is 2.23. The van der Waals surface area contributed by atoms with Crippen LogP contribution in [-0.2, 0) is 0 Å². The van der Waals surface area contributed by atoms with E-state index in [1.165, 1.54) is 18.9 Å². The van der Waals surface area contributed by atoms with Crippen LogP contribution in [0.4, 0.5) is 10.1 Å². The summed E-state index contributed by atoms with van der Waals surface area (Å²) in [5.41, 5.74) is 4.28. The van der Waals surface area contributed by atoms with Crippen molar-refractivity contribution in [2.45, 2.75) is 32.6 Å². The summed E-state index contributed by atoms with van der Waals surface area (Å²) >= 11 is 5.10. The number of halogens is 1. The van der Waals surface area contributed by atoms with Gasteiger partial charge in [-0.05, 0) is 56.0 Å². The molecule has 2 N–H and O–H groups in total. The van der Waals surface area contributed by atoms with E-state index in [1.54, 1.807) is 18.2 Å². The summed E-state index contributed by atoms with van der Waals surface area (Å²) in [6.07, 6.45) is 4.46. The van der Waals surface area contributed by atoms with E-state index in [2.05, 4.69) is 22.8 Å². The molecule has 1 aromatic carbocycles. The van der Waals surface area contributed by atoms with E-state index in [-0.39, 0.29) is 5.82 Å². The lowest BCUT2D eigenvalue weighted by molar-refractivity contribution is 0.498. The van der Waals surface area contributed by atoms with Crippen LogP contribution in [0.2, 0.25) is 0 Å². The van der Waals surface area contributed by atoms with E-state index < -0.39 is 0 Å². The molecule has 1 fully saturated rings. The second-order valence-electron chi connectivity index (χ2n) is 4.93. The number of anilines is 1. The summed E-state index contributed by atoms with van der Waals surface area (Å²) in [5.74, 6) is 0.355. The smallest absolute Gasteiger partial charge is 0.191 e. The molecule has 0 radical (unpaired) electrons. The molecule has 3 nitrogen and oxygen atoms in total. The lowest BCUT2D eigenvalue weighted by atomic mass is 9.89. The first-order chi connectivity index (χ1) is 9.15. The number of hydrazone groups is 1. The zero-order valence-electron chi connectivity index (χ0n) is 10.9. The predicted octanol–water partition coefficient (Wildman–Crippen LogP) is 3.68. The largest absolute Gasteiger partial charge is 0.329 e. The molecular formula is C14H18FN3S. The molecule has 0 spiro atoms. The minimum Gasteiger partial charge on any atom is -0.329 e. The van der Waals surface area contributed by atoms with Crippen LogP contribution in [0.3, 0.4) is 0 Å². The number of benzene rings is 1. The van der Waals surface area contributed by atoms with Crippen molar-refractivity contribution in [1.82, 2.24) is 5.43 Å². The summed E-state index contributed by atoms with van der Waals surface area (Å²) in [6, 6.07) is 6.42. The molecule has 0 aliphatic heterocycles. The molecule has 0 unspecified atom stereocenters. The Morgan fingerprint density at radius 2 is 2.21 bits per heavy atom. The van der Waals surface area contributed by atoms with Crippen molar-refractivity contribution in [1.29, 1.82) is 0 Å². The van der Waals surface area contributed by atoms with E-state index in [0.29, 0.717) is 16.7 Å². The van der Waals surface area contributed by atoms with Crippen LogP contribution in [0.1, 0.15) is 32.6 Å². The fourth-order valence-electron chi connectivity index (χ4n) is 2.21. The van der Waals surface area contributed by atoms with Crippen molar-refractivity contribution in [3.05, 3.63) is 30.1 Å². The van der Waals surface area contributed by atoms with Gasteiger partial charge in [-0.25, -0.2) is 4.39 Å². The van der Waals surface area contributed by atoms with Gasteiger partial charge in [-0.3, -0.25) is 5.43 Å². The molecule has 1 aromatic rings. The molecule has 5 heteroatoms. The highest BCUT2D eigenvalue weighted by Crippen LogP contribution is 2.21. The van der Waals surface area contributed by atoms with Crippen molar-refractivity contribution in [3.8, 4) is 0 Å². The Balaban J connectivity index is 1.88. The normalized spacial score (nSPS) is 21.2. The molecule has 0 bridgehead atoms. The Morgan fingerprint density at radius 1 is 1.42 bits per heavy atom. The fraction of sp³-hybridized carbons (Fsp3) is 0.429. The van der Waals surface area contributed by atoms with Crippen molar-refractivity contribution < 1.29 is 4.39 Å². The van der Waals surface area contributed by atoms with Gasteiger partial charge in [0.1, 0.15) is 5.82 Å². The molecular weight excluding hydrogens is 261 g/mol. The number of hydrogen-bond acceptors (Lipinski definition) is 2. The zero-order chi connectivity index (χ0) is 13.7. The maximum Gasteiger partial charge on any atom is 0.191 e. The van der Waals surface area contributed by atoms with Crippen molar-refractivity contribution in [2.24, 2.45) is 11.0 Å². The molecule has 1 saturated carbocycles. The van der Waals surface area contributed by atoms with Crippen molar-refractivity contribution in [2.75, 3.05) is 5.32 Å². The lowest BCUT2D eigenvalue weighted by Crippen LogP contribution is -2.26. The van der Waals surface area contributed by atoms with Crippen LogP contribution >= 0.6 is 12.2 Å². The molecule has 1 aliphatic carbocycles. The van der Waals surface area contributed by atoms with Crippen LogP contribution in [-0.4, -0.2) is 10.8 Å². The Kier molecular flexibility index (Phi) is 4.85. The summed E-state index contributed by atoms with van der Waals surface area (Å²) in [5, 5.41) is 7.41. The maximum atomic E-state index is 13.4. The summed E-state index contributed by atoms with van der Waals surface area (Å²) < 4.78 is 13.4. The molecule has 102 valence electrons. The number of rotatable bonds is 2. The van der Waals surface area contributed by atoms with Gasteiger partial charge < -0.3 is 5.32 Å². The van der Waals surface area contributed by atoms with Gasteiger partial charge in [0.2, 0.25) is 0 Å². The van der Waals surface area contributed by atoms with Crippen molar-refractivity contribution in [3.63, 3.8) is 0 Å². The van der Waals surface area contributed by atoms with Gasteiger partial charge in [0.05, 0.1) is 5.69 Å². The molecule has 0 amide bonds. The Labute approximate surface area is 118 Å². The highest BCUT2D eigenvalue weighted by atomic mass is 32.1. The van der Waals surface area contributed by atoms with Crippen LogP contribution < -0.4 is 10.7 Å². The van der Waals surface area contributed by atoms with Gasteiger partial charge in [-0.1, -0.05) is 19.1 Å². The van der Waals surface area contributed by atoms with Crippen LogP contribution in [0.25, 0.3) is 0 Å². The molecule has 2 rings (SSSR count). The first kappa shape index (κ1) is 13.9. The van der Waals surface area contributed by atoms with Crippen LogP contribution in [0.5, 0.6) is 0 Å². The third-order valence-electron chi connectivity index (χ3n) is 3.18. The highest BCUT2D eigenvalue weighted by Gasteiger charge is 2.14.